The van der Waals surface area contributed by atoms with Crippen molar-refractivity contribution in [1.29, 1.82) is 0 Å². The fourth-order valence-electron chi connectivity index (χ4n) is 2.62. The molecule has 4 heteroatoms. The Kier molecular flexibility index (Phi) is 4.17. The summed E-state index contributed by atoms with van der Waals surface area (Å²) in [5.41, 5.74) is 1.26. The Morgan fingerprint density at radius 2 is 2.24 bits per heavy atom. The predicted molar refractivity (Wildman–Crippen MR) is 73.7 cm³/mol. The van der Waals surface area contributed by atoms with E-state index in [1.807, 2.05) is 11.3 Å². The van der Waals surface area contributed by atoms with E-state index in [2.05, 4.69) is 43.0 Å². The first-order valence-corrected chi connectivity index (χ1v) is 7.28. The van der Waals surface area contributed by atoms with E-state index < -0.39 is 0 Å². The second-order valence-electron chi connectivity index (χ2n) is 5.02. The first kappa shape index (κ1) is 13.0. The zero-order valence-electron chi connectivity index (χ0n) is 11.3. The van der Waals surface area contributed by atoms with Crippen LogP contribution in [0.3, 0.4) is 0 Å². The minimum absolute atomic E-state index is 0.421. The van der Waals surface area contributed by atoms with Gasteiger partial charge in [0.05, 0.1) is 16.7 Å². The molecule has 0 bridgehead atoms. The van der Waals surface area contributed by atoms with Gasteiger partial charge in [0.15, 0.2) is 0 Å². The lowest BCUT2D eigenvalue weighted by molar-refractivity contribution is 0.154. The van der Waals surface area contributed by atoms with Crippen molar-refractivity contribution in [2.24, 2.45) is 0 Å². The molecule has 0 aliphatic carbocycles. The number of hydrogen-bond acceptors (Lipinski definition) is 4. The maximum Gasteiger partial charge on any atom is 0.0900 e. The number of thiazole rings is 1. The van der Waals surface area contributed by atoms with E-state index in [-0.39, 0.29) is 0 Å². The Bertz CT molecular complexity index is 369. The van der Waals surface area contributed by atoms with Crippen molar-refractivity contribution < 1.29 is 0 Å². The molecule has 2 unspecified atom stereocenters. The van der Waals surface area contributed by atoms with Crippen LogP contribution in [0.5, 0.6) is 0 Å². The molecule has 0 amide bonds. The Hall–Kier alpha value is -0.450. The molecule has 1 aliphatic heterocycles. The number of aryl methyl sites for hydroxylation is 2. The average Bonchev–Trinajstić information content (AvgIpc) is 2.68. The molecule has 0 saturated carbocycles. The summed E-state index contributed by atoms with van der Waals surface area (Å²) in [6.07, 6.45) is 2.59. The topological polar surface area (TPSA) is 28.2 Å². The Morgan fingerprint density at radius 3 is 2.76 bits per heavy atom. The predicted octanol–water partition coefficient (Wildman–Crippen LogP) is 2.50. The molecule has 0 aromatic carbocycles. The van der Waals surface area contributed by atoms with E-state index in [0.717, 1.165) is 6.54 Å². The van der Waals surface area contributed by atoms with E-state index in [9.17, 15) is 0 Å². The van der Waals surface area contributed by atoms with Gasteiger partial charge >= 0.3 is 0 Å². The van der Waals surface area contributed by atoms with E-state index in [1.54, 1.807) is 0 Å². The van der Waals surface area contributed by atoms with Crippen molar-refractivity contribution in [3.05, 3.63) is 15.6 Å². The van der Waals surface area contributed by atoms with Gasteiger partial charge in [-0.3, -0.25) is 4.90 Å². The summed E-state index contributed by atoms with van der Waals surface area (Å²) in [5.74, 6) is 0. The van der Waals surface area contributed by atoms with Gasteiger partial charge in [-0.1, -0.05) is 0 Å². The molecule has 17 heavy (non-hydrogen) atoms. The number of piperidine rings is 1. The quantitative estimate of drug-likeness (QED) is 0.897. The SMILES string of the molecule is Cc1nc(C(C)N(C)C2CCCNC2)c(C)s1. The molecular formula is C13H23N3S. The molecule has 96 valence electrons. The van der Waals surface area contributed by atoms with Crippen LogP contribution in [0.4, 0.5) is 0 Å². The Balaban J connectivity index is 2.08. The second kappa shape index (κ2) is 5.46. The van der Waals surface area contributed by atoms with Crippen LogP contribution in [0, 0.1) is 13.8 Å². The smallest absolute Gasteiger partial charge is 0.0900 e. The first-order chi connectivity index (χ1) is 8.09. The summed E-state index contributed by atoms with van der Waals surface area (Å²) in [6.45, 7) is 8.84. The molecular weight excluding hydrogens is 230 g/mol. The highest BCUT2D eigenvalue weighted by Gasteiger charge is 2.25. The van der Waals surface area contributed by atoms with Crippen LogP contribution in [0.1, 0.15) is 41.4 Å². The van der Waals surface area contributed by atoms with Crippen LogP contribution in [-0.4, -0.2) is 36.1 Å². The molecule has 1 aromatic rings. The van der Waals surface area contributed by atoms with Crippen LogP contribution in [0.25, 0.3) is 0 Å². The van der Waals surface area contributed by atoms with Gasteiger partial charge in [0.1, 0.15) is 0 Å². The normalized spacial score (nSPS) is 23.0. The molecule has 2 rings (SSSR count). The summed E-state index contributed by atoms with van der Waals surface area (Å²) in [4.78, 5) is 8.53. The molecule has 1 saturated heterocycles. The van der Waals surface area contributed by atoms with Crippen LogP contribution in [0.2, 0.25) is 0 Å². The van der Waals surface area contributed by atoms with Gasteiger partial charge in [-0.15, -0.1) is 11.3 Å². The second-order valence-corrected chi connectivity index (χ2v) is 6.42. The van der Waals surface area contributed by atoms with Crippen molar-refractivity contribution in [1.82, 2.24) is 15.2 Å². The van der Waals surface area contributed by atoms with E-state index >= 15 is 0 Å². The summed E-state index contributed by atoms with van der Waals surface area (Å²) in [5, 5.41) is 4.66. The van der Waals surface area contributed by atoms with Crippen molar-refractivity contribution in [2.75, 3.05) is 20.1 Å². The van der Waals surface area contributed by atoms with Crippen LogP contribution in [0.15, 0.2) is 0 Å². The highest BCUT2D eigenvalue weighted by Crippen LogP contribution is 2.28. The highest BCUT2D eigenvalue weighted by atomic mass is 32.1. The number of aromatic nitrogens is 1. The van der Waals surface area contributed by atoms with Gasteiger partial charge in [0.25, 0.3) is 0 Å². The molecule has 1 fully saturated rings. The molecule has 1 aromatic heterocycles. The zero-order chi connectivity index (χ0) is 12.4. The lowest BCUT2D eigenvalue weighted by atomic mass is 10.0. The Morgan fingerprint density at radius 1 is 1.47 bits per heavy atom. The minimum Gasteiger partial charge on any atom is -0.315 e. The largest absolute Gasteiger partial charge is 0.315 e. The number of nitrogens with zero attached hydrogens (tertiary/aromatic N) is 2. The third-order valence-electron chi connectivity index (χ3n) is 3.79. The molecule has 1 N–H and O–H groups in total. The fraction of sp³-hybridized carbons (Fsp3) is 0.769. The number of likely N-dealkylation sites (N-methyl/N-ethyl adjacent to an activating group) is 1. The lowest BCUT2D eigenvalue weighted by Crippen LogP contribution is -2.45. The molecule has 2 atom stereocenters. The van der Waals surface area contributed by atoms with Crippen LogP contribution in [-0.2, 0) is 0 Å². The minimum atomic E-state index is 0.421. The molecule has 0 spiro atoms. The summed E-state index contributed by atoms with van der Waals surface area (Å²) in [7, 11) is 2.23. The van der Waals surface area contributed by atoms with Gasteiger partial charge < -0.3 is 5.32 Å². The molecule has 2 heterocycles. The maximum atomic E-state index is 4.68. The lowest BCUT2D eigenvalue weighted by Gasteiger charge is -2.35. The Labute approximate surface area is 108 Å². The number of nitrogens with one attached hydrogen (secondary N) is 1. The van der Waals surface area contributed by atoms with E-state index in [0.29, 0.717) is 12.1 Å². The van der Waals surface area contributed by atoms with E-state index in [1.165, 1.54) is 35.0 Å². The van der Waals surface area contributed by atoms with Crippen LogP contribution < -0.4 is 5.32 Å². The van der Waals surface area contributed by atoms with Crippen molar-refractivity contribution >= 4 is 11.3 Å². The monoisotopic (exact) mass is 253 g/mol. The molecule has 0 radical (unpaired) electrons. The third kappa shape index (κ3) is 2.87. The third-order valence-corrected chi connectivity index (χ3v) is 4.69. The average molecular weight is 253 g/mol. The van der Waals surface area contributed by atoms with E-state index in [4.69, 9.17) is 0 Å². The standard InChI is InChI=1S/C13H23N3S/c1-9(13-10(2)17-11(3)15-13)16(4)12-6-5-7-14-8-12/h9,12,14H,5-8H2,1-4H3. The van der Waals surface area contributed by atoms with Crippen molar-refractivity contribution in [3.63, 3.8) is 0 Å². The zero-order valence-corrected chi connectivity index (χ0v) is 12.1. The first-order valence-electron chi connectivity index (χ1n) is 6.46. The molecule has 1 aliphatic rings. The summed E-state index contributed by atoms with van der Waals surface area (Å²) >= 11 is 1.81. The van der Waals surface area contributed by atoms with Gasteiger partial charge in [-0.25, -0.2) is 4.98 Å². The van der Waals surface area contributed by atoms with Crippen molar-refractivity contribution in [3.8, 4) is 0 Å². The maximum absolute atomic E-state index is 4.68. The van der Waals surface area contributed by atoms with Gasteiger partial charge in [-0.2, -0.15) is 0 Å². The van der Waals surface area contributed by atoms with Gasteiger partial charge in [-0.05, 0) is 47.2 Å². The van der Waals surface area contributed by atoms with Crippen LogP contribution >= 0.6 is 11.3 Å². The highest BCUT2D eigenvalue weighted by molar-refractivity contribution is 7.11. The molecule has 3 nitrogen and oxygen atoms in total. The number of hydrogen-bond donors (Lipinski definition) is 1. The van der Waals surface area contributed by atoms with Gasteiger partial charge in [0, 0.05) is 17.5 Å². The summed E-state index contributed by atoms with van der Waals surface area (Å²) in [6, 6.07) is 1.07. The summed E-state index contributed by atoms with van der Waals surface area (Å²) < 4.78 is 0. The van der Waals surface area contributed by atoms with Gasteiger partial charge in [0.2, 0.25) is 0 Å². The fourth-order valence-corrected chi connectivity index (χ4v) is 3.53. The van der Waals surface area contributed by atoms with Crippen molar-refractivity contribution in [2.45, 2.75) is 45.7 Å². The number of rotatable bonds is 3.